The minimum Gasteiger partial charge on any atom is -0.478 e. The van der Waals surface area contributed by atoms with Crippen molar-refractivity contribution in [1.29, 1.82) is 5.26 Å². The number of aromatic nitrogens is 2. The second kappa shape index (κ2) is 10.0. The number of rotatable bonds is 9. The van der Waals surface area contributed by atoms with Gasteiger partial charge in [0.1, 0.15) is 17.9 Å². The Hall–Kier alpha value is -3.92. The van der Waals surface area contributed by atoms with Gasteiger partial charge in [-0.15, -0.1) is 0 Å². The molecule has 2 rings (SSSR count). The van der Waals surface area contributed by atoms with Crippen molar-refractivity contribution in [3.05, 3.63) is 39.4 Å². The van der Waals surface area contributed by atoms with E-state index in [-0.39, 0.29) is 34.5 Å². The van der Waals surface area contributed by atoms with Crippen LogP contribution in [0, 0.1) is 21.4 Å². The number of esters is 1. The molecule has 0 aliphatic carbocycles. The molecular formula is C17H15N5O7S. The number of nitriles is 1. The monoisotopic (exact) mass is 433 g/mol. The lowest BCUT2D eigenvalue weighted by molar-refractivity contribution is -0.385. The molecule has 2 aromatic rings. The fraction of sp³-hybridized carbons (Fsp3) is 0.235. The van der Waals surface area contributed by atoms with Crippen molar-refractivity contribution in [2.24, 2.45) is 0 Å². The molecule has 1 aromatic carbocycles. The number of hydrogen-bond donors (Lipinski definition) is 2. The van der Waals surface area contributed by atoms with E-state index in [0.29, 0.717) is 0 Å². The van der Waals surface area contributed by atoms with Crippen LogP contribution in [0.5, 0.6) is 11.6 Å². The Balaban J connectivity index is 2.56. The Morgan fingerprint density at radius 2 is 2.13 bits per heavy atom. The zero-order valence-corrected chi connectivity index (χ0v) is 16.6. The number of carboxylic acids is 1. The summed E-state index contributed by atoms with van der Waals surface area (Å²) in [6.07, 6.45) is 1.61. The number of anilines is 1. The summed E-state index contributed by atoms with van der Waals surface area (Å²) >= 11 is 1.04. The van der Waals surface area contributed by atoms with Crippen LogP contribution in [0.4, 0.5) is 11.5 Å². The Kier molecular flexibility index (Phi) is 7.48. The molecule has 0 spiro atoms. The molecule has 1 aromatic heterocycles. The highest BCUT2D eigenvalue weighted by Crippen LogP contribution is 2.37. The minimum absolute atomic E-state index is 0.0651. The van der Waals surface area contributed by atoms with Gasteiger partial charge in [-0.25, -0.2) is 4.79 Å². The summed E-state index contributed by atoms with van der Waals surface area (Å²) in [7, 11) is 0. The molecule has 0 radical (unpaired) electrons. The van der Waals surface area contributed by atoms with Crippen LogP contribution >= 0.6 is 11.8 Å². The van der Waals surface area contributed by atoms with Crippen LogP contribution in [-0.2, 0) is 9.53 Å². The first-order chi connectivity index (χ1) is 14.3. The van der Waals surface area contributed by atoms with Crippen LogP contribution < -0.4 is 10.1 Å². The maximum atomic E-state index is 11.7. The highest BCUT2D eigenvalue weighted by atomic mass is 32.2. The van der Waals surface area contributed by atoms with E-state index in [1.807, 2.05) is 6.07 Å². The van der Waals surface area contributed by atoms with Gasteiger partial charge in [0.25, 0.3) is 0 Å². The van der Waals surface area contributed by atoms with Crippen LogP contribution in [0.3, 0.4) is 0 Å². The van der Waals surface area contributed by atoms with Crippen LogP contribution in [-0.4, -0.2) is 51.3 Å². The third-order valence-corrected chi connectivity index (χ3v) is 4.00. The fourth-order valence-corrected chi connectivity index (χ4v) is 2.55. The number of hydrogen-bond acceptors (Lipinski definition) is 11. The molecular weight excluding hydrogens is 418 g/mol. The summed E-state index contributed by atoms with van der Waals surface area (Å²) in [5.41, 5.74) is -0.957. The number of nitrogens with one attached hydrogen (secondary N) is 1. The van der Waals surface area contributed by atoms with Gasteiger partial charge in [0.15, 0.2) is 5.16 Å². The van der Waals surface area contributed by atoms with Crippen molar-refractivity contribution in [3.8, 4) is 17.7 Å². The SMILES string of the molecule is CCOC(=O)CNc1nc(SC)nc(Oc2cc(C#N)ccc2C(=O)O)c1[N+](=O)[O-]. The van der Waals surface area contributed by atoms with E-state index >= 15 is 0 Å². The summed E-state index contributed by atoms with van der Waals surface area (Å²) in [5, 5.41) is 32.6. The highest BCUT2D eigenvalue weighted by Gasteiger charge is 2.28. The Labute approximate surface area is 174 Å². The van der Waals surface area contributed by atoms with E-state index in [2.05, 4.69) is 15.3 Å². The van der Waals surface area contributed by atoms with Crippen molar-refractivity contribution < 1.29 is 29.1 Å². The van der Waals surface area contributed by atoms with Crippen LogP contribution in [0.25, 0.3) is 0 Å². The lowest BCUT2D eigenvalue weighted by Crippen LogP contribution is -2.18. The largest absolute Gasteiger partial charge is 0.478 e. The first-order valence-corrected chi connectivity index (χ1v) is 9.48. The van der Waals surface area contributed by atoms with Crippen LogP contribution in [0.1, 0.15) is 22.8 Å². The Bertz CT molecular complexity index is 1040. The number of carbonyl (C=O) groups is 2. The average molecular weight is 433 g/mol. The van der Waals surface area contributed by atoms with Crippen LogP contribution in [0.15, 0.2) is 23.4 Å². The third-order valence-electron chi connectivity index (χ3n) is 3.45. The lowest BCUT2D eigenvalue weighted by atomic mass is 10.1. The minimum atomic E-state index is -1.36. The normalized spacial score (nSPS) is 10.0. The zero-order chi connectivity index (χ0) is 22.3. The number of benzene rings is 1. The summed E-state index contributed by atoms with van der Waals surface area (Å²) in [5.74, 6) is -3.20. The molecule has 12 nitrogen and oxygen atoms in total. The van der Waals surface area contributed by atoms with Crippen molar-refractivity contribution in [1.82, 2.24) is 9.97 Å². The van der Waals surface area contributed by atoms with Gasteiger partial charge in [-0.1, -0.05) is 11.8 Å². The second-order valence-corrected chi connectivity index (χ2v) is 6.13. The number of nitrogens with zero attached hydrogens (tertiary/aromatic N) is 4. The fourth-order valence-electron chi connectivity index (χ4n) is 2.19. The Morgan fingerprint density at radius 3 is 2.70 bits per heavy atom. The molecule has 13 heteroatoms. The molecule has 0 fully saturated rings. The van der Waals surface area contributed by atoms with Gasteiger partial charge >= 0.3 is 23.5 Å². The molecule has 0 saturated carbocycles. The van der Waals surface area contributed by atoms with Gasteiger partial charge in [0.2, 0.25) is 5.82 Å². The van der Waals surface area contributed by atoms with Gasteiger partial charge in [-0.05, 0) is 31.4 Å². The van der Waals surface area contributed by atoms with E-state index in [4.69, 9.17) is 14.7 Å². The summed E-state index contributed by atoms with van der Waals surface area (Å²) < 4.78 is 10.2. The first-order valence-electron chi connectivity index (χ1n) is 8.25. The van der Waals surface area contributed by atoms with Crippen LogP contribution in [0.2, 0.25) is 0 Å². The standard InChI is InChI=1S/C17H15N5O7S/c1-3-28-12(23)8-19-14-13(22(26)27)15(21-17(20-14)30-2)29-11-6-9(7-18)4-5-10(11)16(24)25/h4-6H,3,8H2,1-2H3,(H,24,25)(H,19,20,21). The number of aromatic carboxylic acids is 1. The first kappa shape index (κ1) is 22.4. The number of carboxylic acid groups (broad SMARTS) is 1. The molecule has 0 aliphatic rings. The topological polar surface area (TPSA) is 178 Å². The van der Waals surface area contributed by atoms with Crippen molar-refractivity contribution in [2.75, 3.05) is 24.7 Å². The molecule has 2 N–H and O–H groups in total. The summed E-state index contributed by atoms with van der Waals surface area (Å²) in [6.45, 7) is 1.34. The molecule has 0 amide bonds. The molecule has 0 saturated heterocycles. The van der Waals surface area contributed by atoms with Gasteiger partial charge < -0.3 is 19.9 Å². The molecule has 156 valence electrons. The molecule has 30 heavy (non-hydrogen) atoms. The molecule has 0 atom stereocenters. The number of carbonyl (C=O) groups excluding carboxylic acids is 1. The predicted molar refractivity (Wildman–Crippen MR) is 104 cm³/mol. The number of thioether (sulfide) groups is 1. The van der Waals surface area contributed by atoms with E-state index in [1.165, 1.54) is 6.07 Å². The van der Waals surface area contributed by atoms with Crippen molar-refractivity contribution in [2.45, 2.75) is 12.1 Å². The average Bonchev–Trinajstić information content (AvgIpc) is 2.71. The quantitative estimate of drug-likeness (QED) is 0.194. The van der Waals surface area contributed by atoms with Gasteiger partial charge in [-0.2, -0.15) is 15.2 Å². The summed E-state index contributed by atoms with van der Waals surface area (Å²) in [6, 6.07) is 5.36. The number of nitro groups is 1. The Morgan fingerprint density at radius 1 is 1.40 bits per heavy atom. The van der Waals surface area contributed by atoms with Gasteiger partial charge in [-0.3, -0.25) is 14.9 Å². The van der Waals surface area contributed by atoms with E-state index in [0.717, 1.165) is 23.9 Å². The van der Waals surface area contributed by atoms with E-state index in [9.17, 15) is 24.8 Å². The highest BCUT2D eigenvalue weighted by molar-refractivity contribution is 7.98. The summed E-state index contributed by atoms with van der Waals surface area (Å²) in [4.78, 5) is 41.8. The molecule has 0 unspecified atom stereocenters. The third kappa shape index (κ3) is 5.32. The van der Waals surface area contributed by atoms with Gasteiger partial charge in [0, 0.05) is 0 Å². The molecule has 0 bridgehead atoms. The number of ether oxygens (including phenoxy) is 2. The van der Waals surface area contributed by atoms with Gasteiger partial charge in [0.05, 0.1) is 23.2 Å². The van der Waals surface area contributed by atoms with Crippen molar-refractivity contribution in [3.63, 3.8) is 0 Å². The van der Waals surface area contributed by atoms with Crippen molar-refractivity contribution >= 4 is 35.2 Å². The lowest BCUT2D eigenvalue weighted by Gasteiger charge is -2.12. The maximum absolute atomic E-state index is 11.7. The molecule has 0 aliphatic heterocycles. The zero-order valence-electron chi connectivity index (χ0n) is 15.7. The maximum Gasteiger partial charge on any atom is 0.373 e. The van der Waals surface area contributed by atoms with E-state index in [1.54, 1.807) is 13.2 Å². The molecule has 1 heterocycles. The van der Waals surface area contributed by atoms with E-state index < -0.39 is 35.0 Å². The predicted octanol–water partition coefficient (Wildman–Crippen LogP) is 2.44. The second-order valence-electron chi connectivity index (χ2n) is 5.36. The smallest absolute Gasteiger partial charge is 0.373 e.